The summed E-state index contributed by atoms with van der Waals surface area (Å²) in [6.45, 7) is 6.00. The van der Waals surface area contributed by atoms with Crippen molar-refractivity contribution >= 4 is 11.6 Å². The van der Waals surface area contributed by atoms with Gasteiger partial charge in [0.15, 0.2) is 0 Å². The Kier molecular flexibility index (Phi) is 7.02. The third-order valence-corrected chi connectivity index (χ3v) is 5.06. The van der Waals surface area contributed by atoms with Gasteiger partial charge in [0.2, 0.25) is 5.69 Å². The number of rotatable bonds is 8. The SMILES string of the molecule is CCN(CCCNC(=O)c1nn(-c2ccc(C)cc2)c(=O)n(C)c1=O)c1ccccc1. The van der Waals surface area contributed by atoms with Crippen molar-refractivity contribution in [1.29, 1.82) is 0 Å². The average molecular weight is 422 g/mol. The first-order valence-electron chi connectivity index (χ1n) is 10.3. The van der Waals surface area contributed by atoms with Gasteiger partial charge in [0.25, 0.3) is 11.5 Å². The lowest BCUT2D eigenvalue weighted by atomic mass is 10.2. The largest absolute Gasteiger partial charge is 0.372 e. The zero-order chi connectivity index (χ0) is 22.4. The van der Waals surface area contributed by atoms with E-state index >= 15 is 0 Å². The van der Waals surface area contributed by atoms with Crippen LogP contribution in [0.4, 0.5) is 5.69 Å². The van der Waals surface area contributed by atoms with Gasteiger partial charge in [-0.25, -0.2) is 4.79 Å². The highest BCUT2D eigenvalue weighted by atomic mass is 16.2. The Morgan fingerprint density at radius 1 is 1.06 bits per heavy atom. The molecule has 162 valence electrons. The van der Waals surface area contributed by atoms with Gasteiger partial charge in [0, 0.05) is 32.4 Å². The molecule has 0 atom stereocenters. The number of amides is 1. The van der Waals surface area contributed by atoms with Crippen LogP contribution in [0.5, 0.6) is 0 Å². The monoisotopic (exact) mass is 421 g/mol. The van der Waals surface area contributed by atoms with E-state index in [9.17, 15) is 14.4 Å². The Bertz CT molecular complexity index is 1150. The topological polar surface area (TPSA) is 89.2 Å². The van der Waals surface area contributed by atoms with Crippen molar-refractivity contribution in [3.63, 3.8) is 0 Å². The normalized spacial score (nSPS) is 10.7. The van der Waals surface area contributed by atoms with Crippen molar-refractivity contribution in [2.24, 2.45) is 7.05 Å². The van der Waals surface area contributed by atoms with Crippen LogP contribution in [0, 0.1) is 6.92 Å². The number of carbonyl (C=O) groups excluding carboxylic acids is 1. The van der Waals surface area contributed by atoms with Gasteiger partial charge in [-0.05, 0) is 44.5 Å². The molecule has 0 saturated heterocycles. The molecule has 0 fully saturated rings. The van der Waals surface area contributed by atoms with E-state index in [1.165, 1.54) is 7.05 Å². The van der Waals surface area contributed by atoms with Crippen LogP contribution in [0.1, 0.15) is 29.4 Å². The number of carbonyl (C=O) groups is 1. The van der Waals surface area contributed by atoms with Crippen LogP contribution in [0.15, 0.2) is 64.2 Å². The molecule has 1 N–H and O–H groups in total. The van der Waals surface area contributed by atoms with Gasteiger partial charge in [-0.3, -0.25) is 14.2 Å². The molecule has 0 saturated carbocycles. The molecule has 0 aliphatic rings. The second-order valence-electron chi connectivity index (χ2n) is 7.27. The first-order valence-corrected chi connectivity index (χ1v) is 10.3. The molecule has 1 heterocycles. The highest BCUT2D eigenvalue weighted by Gasteiger charge is 2.18. The summed E-state index contributed by atoms with van der Waals surface area (Å²) in [7, 11) is 1.34. The molecule has 0 aliphatic heterocycles. The molecular formula is C23H27N5O3. The summed E-state index contributed by atoms with van der Waals surface area (Å²) in [6, 6.07) is 17.2. The zero-order valence-corrected chi connectivity index (χ0v) is 18.0. The predicted octanol–water partition coefficient (Wildman–Crippen LogP) is 1.89. The van der Waals surface area contributed by atoms with E-state index in [0.29, 0.717) is 18.7 Å². The van der Waals surface area contributed by atoms with Crippen molar-refractivity contribution < 1.29 is 4.79 Å². The van der Waals surface area contributed by atoms with Crippen LogP contribution < -0.4 is 21.5 Å². The second kappa shape index (κ2) is 9.88. The van der Waals surface area contributed by atoms with E-state index < -0.39 is 17.2 Å². The molecule has 31 heavy (non-hydrogen) atoms. The van der Waals surface area contributed by atoms with E-state index in [1.807, 2.05) is 49.4 Å². The molecule has 8 heteroatoms. The molecule has 3 rings (SSSR count). The number of benzene rings is 2. The summed E-state index contributed by atoms with van der Waals surface area (Å²) < 4.78 is 1.97. The van der Waals surface area contributed by atoms with Crippen molar-refractivity contribution in [1.82, 2.24) is 19.7 Å². The summed E-state index contributed by atoms with van der Waals surface area (Å²) in [4.78, 5) is 39.8. The first-order chi connectivity index (χ1) is 14.9. The number of nitrogens with zero attached hydrogens (tertiary/aromatic N) is 4. The third kappa shape index (κ3) is 5.09. The third-order valence-electron chi connectivity index (χ3n) is 5.06. The van der Waals surface area contributed by atoms with E-state index in [1.54, 1.807) is 12.1 Å². The fraction of sp³-hybridized carbons (Fsp3) is 0.304. The summed E-state index contributed by atoms with van der Waals surface area (Å²) in [5, 5.41) is 6.81. The van der Waals surface area contributed by atoms with Crippen molar-refractivity contribution in [2.45, 2.75) is 20.3 Å². The molecule has 0 radical (unpaired) electrons. The molecule has 3 aromatic rings. The standard InChI is InChI=1S/C23H27N5O3/c1-4-27(18-9-6-5-7-10-18)16-8-15-24-21(29)20-22(30)26(3)23(31)28(25-20)19-13-11-17(2)12-14-19/h5-7,9-14H,4,8,15-16H2,1-3H3,(H,24,29). The lowest BCUT2D eigenvalue weighted by Crippen LogP contribution is -2.44. The molecule has 0 unspecified atom stereocenters. The summed E-state index contributed by atoms with van der Waals surface area (Å²) in [5.74, 6) is -0.593. The minimum Gasteiger partial charge on any atom is -0.372 e. The number of nitrogens with one attached hydrogen (secondary N) is 1. The van der Waals surface area contributed by atoms with E-state index in [-0.39, 0.29) is 5.69 Å². The number of hydrogen-bond acceptors (Lipinski definition) is 5. The Morgan fingerprint density at radius 2 is 1.74 bits per heavy atom. The Hall–Kier alpha value is -3.68. The quantitative estimate of drug-likeness (QED) is 0.561. The number of aromatic nitrogens is 3. The minimum absolute atomic E-state index is 0.307. The molecular weight excluding hydrogens is 394 g/mol. The van der Waals surface area contributed by atoms with Gasteiger partial charge >= 0.3 is 5.69 Å². The Morgan fingerprint density at radius 3 is 2.39 bits per heavy atom. The number of aryl methyl sites for hydroxylation is 1. The average Bonchev–Trinajstić information content (AvgIpc) is 2.79. The number of para-hydroxylation sites is 1. The number of hydrogen-bond donors (Lipinski definition) is 1. The molecule has 0 spiro atoms. The maximum absolute atomic E-state index is 12.6. The van der Waals surface area contributed by atoms with Gasteiger partial charge in [0.05, 0.1) is 5.69 Å². The summed E-state index contributed by atoms with van der Waals surface area (Å²) in [5.41, 5.74) is 1.00. The van der Waals surface area contributed by atoms with E-state index in [0.717, 1.165) is 33.6 Å². The van der Waals surface area contributed by atoms with E-state index in [2.05, 4.69) is 22.2 Å². The van der Waals surface area contributed by atoms with Crippen LogP contribution in [0.2, 0.25) is 0 Å². The fourth-order valence-electron chi connectivity index (χ4n) is 3.23. The molecule has 2 aromatic carbocycles. The molecule has 0 bridgehead atoms. The van der Waals surface area contributed by atoms with Crippen LogP contribution in [-0.2, 0) is 7.05 Å². The highest BCUT2D eigenvalue weighted by molar-refractivity contribution is 5.91. The van der Waals surface area contributed by atoms with Crippen LogP contribution in [-0.4, -0.2) is 39.9 Å². The smallest absolute Gasteiger partial charge is 0.351 e. The second-order valence-corrected chi connectivity index (χ2v) is 7.27. The maximum atomic E-state index is 12.6. The van der Waals surface area contributed by atoms with Gasteiger partial charge in [0.1, 0.15) is 0 Å². The van der Waals surface area contributed by atoms with E-state index in [4.69, 9.17) is 0 Å². The zero-order valence-electron chi connectivity index (χ0n) is 18.0. The van der Waals surface area contributed by atoms with Gasteiger partial charge in [-0.1, -0.05) is 35.9 Å². The first kappa shape index (κ1) is 22.0. The highest BCUT2D eigenvalue weighted by Crippen LogP contribution is 2.12. The molecule has 1 aromatic heterocycles. The maximum Gasteiger partial charge on any atom is 0.351 e. The van der Waals surface area contributed by atoms with Crippen LogP contribution in [0.25, 0.3) is 5.69 Å². The molecule has 8 nitrogen and oxygen atoms in total. The Labute approximate surface area is 180 Å². The molecule has 0 aliphatic carbocycles. The minimum atomic E-state index is -0.717. The van der Waals surface area contributed by atoms with Gasteiger partial charge in [-0.2, -0.15) is 9.78 Å². The van der Waals surface area contributed by atoms with Gasteiger partial charge < -0.3 is 10.2 Å². The summed E-state index contributed by atoms with van der Waals surface area (Å²) >= 11 is 0. The lowest BCUT2D eigenvalue weighted by molar-refractivity contribution is 0.0943. The van der Waals surface area contributed by atoms with Crippen LogP contribution in [0.3, 0.4) is 0 Å². The molecule has 1 amide bonds. The Balaban J connectivity index is 1.71. The van der Waals surface area contributed by atoms with Crippen molar-refractivity contribution in [3.8, 4) is 5.69 Å². The number of anilines is 1. The van der Waals surface area contributed by atoms with Gasteiger partial charge in [-0.15, -0.1) is 0 Å². The van der Waals surface area contributed by atoms with Crippen molar-refractivity contribution in [2.75, 3.05) is 24.5 Å². The van der Waals surface area contributed by atoms with Crippen molar-refractivity contribution in [3.05, 3.63) is 86.7 Å². The lowest BCUT2D eigenvalue weighted by Gasteiger charge is -2.23. The summed E-state index contributed by atoms with van der Waals surface area (Å²) in [6.07, 6.45) is 0.701. The predicted molar refractivity (Wildman–Crippen MR) is 121 cm³/mol. The fourth-order valence-corrected chi connectivity index (χ4v) is 3.23. The van der Waals surface area contributed by atoms with Crippen LogP contribution >= 0.6 is 0 Å².